The van der Waals surface area contributed by atoms with Crippen molar-refractivity contribution in [1.29, 1.82) is 0 Å². The molecule has 0 bridgehead atoms. The van der Waals surface area contributed by atoms with E-state index >= 15 is 0 Å². The molecule has 11 heteroatoms. The summed E-state index contributed by atoms with van der Waals surface area (Å²) in [5, 5.41) is 16.7. The Hall–Kier alpha value is -1.53. The molecule has 0 spiro atoms. The average molecular weight is 356 g/mol. The van der Waals surface area contributed by atoms with E-state index in [1.165, 1.54) is 34.3 Å². The molecule has 0 aromatic carbocycles. The number of carboxylic acid groups (broad SMARTS) is 2. The molecule has 0 saturated heterocycles. The van der Waals surface area contributed by atoms with Crippen molar-refractivity contribution >= 4 is 22.1 Å². The second-order valence-corrected chi connectivity index (χ2v) is 6.76. The van der Waals surface area contributed by atoms with Crippen molar-refractivity contribution in [2.24, 2.45) is 0 Å². The molecule has 0 amide bonds. The molecule has 23 heavy (non-hydrogen) atoms. The van der Waals surface area contributed by atoms with Crippen molar-refractivity contribution in [1.82, 2.24) is 5.06 Å². The molecule has 1 atom stereocenters. The zero-order chi connectivity index (χ0) is 19.1. The second-order valence-electron chi connectivity index (χ2n) is 5.25. The van der Waals surface area contributed by atoms with E-state index in [1.807, 2.05) is 0 Å². The van der Waals surface area contributed by atoms with E-state index in [1.54, 1.807) is 0 Å². The van der Waals surface area contributed by atoms with E-state index in [4.69, 9.17) is 14.7 Å². The van der Waals surface area contributed by atoms with Crippen molar-refractivity contribution in [3.63, 3.8) is 0 Å². The number of likely N-dealkylation sites (N-methyl/N-ethyl adjacent to an activating group) is 1. The molecule has 2 N–H and O–H groups in total. The Kier molecular flexibility index (Phi) is 9.22. The quantitative estimate of drug-likeness (QED) is 0.175. The minimum Gasteiger partial charge on any atom is -0.541 e. The third-order valence-electron chi connectivity index (χ3n) is 2.60. The molecule has 136 valence electrons. The highest BCUT2D eigenvalue weighted by Gasteiger charge is 2.61. The van der Waals surface area contributed by atoms with Crippen LogP contribution < -0.4 is 5.11 Å². The zero-order valence-corrected chi connectivity index (χ0v) is 14.7. The van der Waals surface area contributed by atoms with Gasteiger partial charge in [-0.1, -0.05) is 6.08 Å². The first kappa shape index (κ1) is 23.7. The summed E-state index contributed by atoms with van der Waals surface area (Å²) in [5.74, 6) is -2.88. The lowest BCUT2D eigenvalue weighted by Crippen LogP contribution is -2.73. The fourth-order valence-corrected chi connectivity index (χ4v) is 2.84. The Balaban J connectivity index is 0. The van der Waals surface area contributed by atoms with Crippen LogP contribution in [0.15, 0.2) is 12.7 Å². The third kappa shape index (κ3) is 6.62. The number of hydroxylamine groups is 2. The summed E-state index contributed by atoms with van der Waals surface area (Å²) in [5.41, 5.74) is 0. The Morgan fingerprint density at radius 2 is 1.78 bits per heavy atom. The van der Waals surface area contributed by atoms with Gasteiger partial charge in [0.25, 0.3) is 5.97 Å². The van der Waals surface area contributed by atoms with Crippen LogP contribution in [0.25, 0.3) is 0 Å². The summed E-state index contributed by atoms with van der Waals surface area (Å²) in [7, 11) is 0.111. The summed E-state index contributed by atoms with van der Waals surface area (Å²) in [6, 6.07) is 0. The van der Waals surface area contributed by atoms with Crippen LogP contribution in [0.2, 0.25) is 0 Å². The summed E-state index contributed by atoms with van der Waals surface area (Å²) < 4.78 is 31.8. The first-order chi connectivity index (χ1) is 10.2. The maximum absolute atomic E-state index is 11.6. The van der Waals surface area contributed by atoms with Crippen LogP contribution in [0.3, 0.4) is 0 Å². The van der Waals surface area contributed by atoms with Crippen LogP contribution in [0.5, 0.6) is 0 Å². The van der Waals surface area contributed by atoms with Crippen LogP contribution in [0, 0.1) is 0 Å². The van der Waals surface area contributed by atoms with Gasteiger partial charge in [0.2, 0.25) is 0 Å². The van der Waals surface area contributed by atoms with Gasteiger partial charge in [-0.05, 0) is 0 Å². The van der Waals surface area contributed by atoms with Crippen LogP contribution in [-0.2, 0) is 24.5 Å². The molecule has 0 aromatic heterocycles. The molecule has 10 nitrogen and oxygen atoms in total. The van der Waals surface area contributed by atoms with Gasteiger partial charge in [-0.25, -0.2) is 4.84 Å². The molecule has 0 aliphatic heterocycles. The Bertz CT molecular complexity index is 525. The van der Waals surface area contributed by atoms with Gasteiger partial charge in [0, 0.05) is 27.4 Å². The van der Waals surface area contributed by atoms with Gasteiger partial charge in [0.05, 0.1) is 20.6 Å². The van der Waals surface area contributed by atoms with E-state index in [2.05, 4.69) is 6.58 Å². The number of quaternary nitrogens is 1. The number of carboxylic acids is 2. The number of rotatable bonds is 8. The second kappa shape index (κ2) is 8.93. The van der Waals surface area contributed by atoms with E-state index < -0.39 is 31.6 Å². The number of nitrogens with zero attached hydrogens (tertiary/aromatic N) is 2. The van der Waals surface area contributed by atoms with Gasteiger partial charge in [-0.15, -0.1) is 6.58 Å². The topological polar surface area (TPSA) is 144 Å². The highest BCUT2D eigenvalue weighted by molar-refractivity contribution is 7.87. The molecule has 1 unspecified atom stereocenters. The normalized spacial score (nSPS) is 14.4. The number of hydrogen-bond donors (Lipinski definition) is 2. The van der Waals surface area contributed by atoms with Gasteiger partial charge in [-0.3, -0.25) is 13.8 Å². The van der Waals surface area contributed by atoms with Crippen molar-refractivity contribution in [2.75, 3.05) is 34.7 Å². The van der Waals surface area contributed by atoms with E-state index in [-0.39, 0.29) is 6.54 Å². The number of hydrogen-bond acceptors (Lipinski definition) is 7. The van der Waals surface area contributed by atoms with Crippen molar-refractivity contribution in [3.05, 3.63) is 12.7 Å². The molecule has 0 rings (SSSR count). The number of aliphatic carboxylic acids is 2. The Morgan fingerprint density at radius 3 is 2.00 bits per heavy atom. The SMILES string of the molecule is C=CCC[N+](C)(C)C(ON(C)C)(C(=O)[O-])S(=O)(=O)O.CC(=O)O. The lowest BCUT2D eigenvalue weighted by Gasteiger charge is -2.45. The fraction of sp³-hybridized carbons (Fsp3) is 0.667. The molecular formula is C12H24N2O8S. The first-order valence-electron chi connectivity index (χ1n) is 6.34. The van der Waals surface area contributed by atoms with Gasteiger partial charge >= 0.3 is 15.2 Å². The fourth-order valence-electron chi connectivity index (χ4n) is 1.67. The van der Waals surface area contributed by atoms with Crippen molar-refractivity contribution in [2.45, 2.75) is 18.4 Å². The Morgan fingerprint density at radius 1 is 1.39 bits per heavy atom. The number of carbonyl (C=O) groups excluding carboxylic acids is 1. The lowest BCUT2D eigenvalue weighted by molar-refractivity contribution is -0.947. The third-order valence-corrected chi connectivity index (χ3v) is 4.04. The zero-order valence-electron chi connectivity index (χ0n) is 13.8. The van der Waals surface area contributed by atoms with Gasteiger partial charge < -0.3 is 15.0 Å². The highest BCUT2D eigenvalue weighted by Crippen LogP contribution is 2.29. The Labute approximate surface area is 135 Å². The minimum atomic E-state index is -5.10. The van der Waals surface area contributed by atoms with Crippen LogP contribution in [0.4, 0.5) is 0 Å². The van der Waals surface area contributed by atoms with Crippen molar-refractivity contribution in [3.8, 4) is 0 Å². The van der Waals surface area contributed by atoms with E-state index in [9.17, 15) is 22.9 Å². The molecule has 0 saturated carbocycles. The molecule has 0 heterocycles. The molecule has 0 aliphatic carbocycles. The summed E-state index contributed by atoms with van der Waals surface area (Å²) in [6.45, 7) is 4.62. The summed E-state index contributed by atoms with van der Waals surface area (Å²) >= 11 is 0. The number of carbonyl (C=O) groups is 2. The van der Waals surface area contributed by atoms with Gasteiger partial charge in [0.1, 0.15) is 0 Å². The molecule has 0 aliphatic rings. The van der Waals surface area contributed by atoms with E-state index in [0.717, 1.165) is 12.0 Å². The average Bonchev–Trinajstić information content (AvgIpc) is 2.30. The largest absolute Gasteiger partial charge is 0.541 e. The maximum atomic E-state index is 11.6. The molecule has 0 aromatic rings. The van der Waals surface area contributed by atoms with Gasteiger partial charge in [-0.2, -0.15) is 13.5 Å². The summed E-state index contributed by atoms with van der Waals surface area (Å²) in [6.07, 6.45) is 1.83. The maximum Gasteiger partial charge on any atom is 0.388 e. The van der Waals surface area contributed by atoms with E-state index in [0.29, 0.717) is 6.42 Å². The predicted molar refractivity (Wildman–Crippen MR) is 79.2 cm³/mol. The summed E-state index contributed by atoms with van der Waals surface area (Å²) in [4.78, 5) is 25.3. The van der Waals surface area contributed by atoms with Crippen LogP contribution in [-0.4, -0.2) is 79.4 Å². The standard InChI is InChI=1S/C10H20N2O6S.C2H4O2/c1-6-7-8-12(4,5)10(9(13)14,18-11(2)3)19(15,16)17;1-2(3)4/h6H,1,7-8H2,2-5H3,(H-,13,14,15,16,17);1H3,(H,3,4). The predicted octanol–water partition coefficient (Wildman–Crippen LogP) is -1.49. The van der Waals surface area contributed by atoms with Gasteiger partial charge in [0.15, 0.2) is 5.97 Å². The highest BCUT2D eigenvalue weighted by atomic mass is 32.2. The molecule has 0 radical (unpaired) electrons. The van der Waals surface area contributed by atoms with Crippen LogP contribution >= 0.6 is 0 Å². The smallest absolute Gasteiger partial charge is 0.388 e. The monoisotopic (exact) mass is 356 g/mol. The minimum absolute atomic E-state index is 0.0606. The van der Waals surface area contributed by atoms with Crippen molar-refractivity contribution < 1.29 is 42.1 Å². The first-order valence-corrected chi connectivity index (χ1v) is 7.78. The molecule has 0 fully saturated rings. The molecular weight excluding hydrogens is 332 g/mol. The van der Waals surface area contributed by atoms with Crippen LogP contribution in [0.1, 0.15) is 13.3 Å². The lowest BCUT2D eigenvalue weighted by atomic mass is 10.3.